The van der Waals surface area contributed by atoms with Crippen LogP contribution in [0.15, 0.2) is 66.5 Å². The van der Waals surface area contributed by atoms with Gasteiger partial charge in [0.1, 0.15) is 5.70 Å². The van der Waals surface area contributed by atoms with Crippen molar-refractivity contribution in [3.05, 3.63) is 77.6 Å². The van der Waals surface area contributed by atoms with Gasteiger partial charge in [0.05, 0.1) is 5.52 Å². The summed E-state index contributed by atoms with van der Waals surface area (Å²) in [5.74, 6) is -0.700. The molecule has 0 radical (unpaired) electrons. The maximum absolute atomic E-state index is 13.8. The van der Waals surface area contributed by atoms with Crippen molar-refractivity contribution >= 4 is 39.0 Å². The minimum absolute atomic E-state index is 0.103. The number of nitrogens with one attached hydrogen (secondary N) is 1. The van der Waals surface area contributed by atoms with E-state index in [9.17, 15) is 18.0 Å². The predicted molar refractivity (Wildman–Crippen MR) is 148 cm³/mol. The summed E-state index contributed by atoms with van der Waals surface area (Å²) >= 11 is 0. The number of hydrogen-bond acceptors (Lipinski definition) is 4. The molecule has 0 atom stereocenters. The number of hydrogen-bond donors (Lipinski definition) is 1. The van der Waals surface area contributed by atoms with E-state index in [2.05, 4.69) is 19.2 Å². The van der Waals surface area contributed by atoms with Crippen LogP contribution in [0.5, 0.6) is 0 Å². The fourth-order valence-corrected chi connectivity index (χ4v) is 4.94. The van der Waals surface area contributed by atoms with Gasteiger partial charge >= 0.3 is 10.2 Å². The first-order chi connectivity index (χ1) is 17.7. The van der Waals surface area contributed by atoms with Gasteiger partial charge in [-0.25, -0.2) is 3.97 Å². The van der Waals surface area contributed by atoms with Gasteiger partial charge in [-0.15, -0.1) is 0 Å². The molecule has 0 bridgehead atoms. The molecule has 198 valence electrons. The van der Waals surface area contributed by atoms with Crippen molar-refractivity contribution in [1.82, 2.24) is 18.5 Å². The third-order valence-electron chi connectivity index (χ3n) is 6.08. The van der Waals surface area contributed by atoms with E-state index < -0.39 is 16.1 Å². The lowest BCUT2D eigenvalue weighted by molar-refractivity contribution is -0.127. The van der Waals surface area contributed by atoms with Crippen molar-refractivity contribution in [2.45, 2.75) is 39.5 Å². The van der Waals surface area contributed by atoms with E-state index in [-0.39, 0.29) is 11.6 Å². The third kappa shape index (κ3) is 6.67. The minimum atomic E-state index is -3.81. The van der Waals surface area contributed by atoms with Crippen LogP contribution in [0.3, 0.4) is 0 Å². The molecule has 0 saturated carbocycles. The molecule has 0 aliphatic heterocycles. The van der Waals surface area contributed by atoms with Crippen molar-refractivity contribution in [1.29, 1.82) is 0 Å². The number of para-hydroxylation sites is 1. The summed E-state index contributed by atoms with van der Waals surface area (Å²) in [6.45, 7) is 5.28. The molecule has 1 N–H and O–H groups in total. The molecule has 37 heavy (non-hydrogen) atoms. The summed E-state index contributed by atoms with van der Waals surface area (Å²) < 4.78 is 28.3. The molecule has 1 heterocycles. The van der Waals surface area contributed by atoms with E-state index in [0.29, 0.717) is 35.1 Å². The van der Waals surface area contributed by atoms with Crippen molar-refractivity contribution in [2.24, 2.45) is 0 Å². The van der Waals surface area contributed by atoms with Crippen molar-refractivity contribution in [3.8, 4) is 0 Å². The Kier molecular flexibility index (Phi) is 9.66. The first-order valence-electron chi connectivity index (χ1n) is 12.6. The molecule has 8 nitrogen and oxygen atoms in total. The standard InChI is InChI=1S/C28H36N4O4S/c1-5-7-18-31(19-8-6-2)28(34)25(29-27(33)22-14-10-9-11-15-22)20-23-21-32(37(35,36)30(3)4)26-17-13-12-16-24(23)26/h9-17,20-21H,5-8,18-19H2,1-4H3,(H,29,33)/b25-20-. The number of carbonyl (C=O) groups is 2. The van der Waals surface area contributed by atoms with Crippen molar-refractivity contribution in [2.75, 3.05) is 27.2 Å². The van der Waals surface area contributed by atoms with Gasteiger partial charge in [-0.3, -0.25) is 9.59 Å². The van der Waals surface area contributed by atoms with E-state index in [4.69, 9.17) is 0 Å². The van der Waals surface area contributed by atoms with Gasteiger partial charge in [0, 0.05) is 49.9 Å². The summed E-state index contributed by atoms with van der Waals surface area (Å²) in [7, 11) is -0.874. The third-order valence-corrected chi connectivity index (χ3v) is 7.81. The number of aromatic nitrogens is 1. The number of rotatable bonds is 12. The van der Waals surface area contributed by atoms with Crippen LogP contribution >= 0.6 is 0 Å². The molecule has 3 rings (SSSR count). The highest BCUT2D eigenvalue weighted by molar-refractivity contribution is 7.87. The lowest BCUT2D eigenvalue weighted by Crippen LogP contribution is -2.39. The number of carbonyl (C=O) groups excluding carboxylic acids is 2. The normalized spacial score (nSPS) is 12.2. The first kappa shape index (κ1) is 28.1. The van der Waals surface area contributed by atoms with Crippen LogP contribution in [0.1, 0.15) is 55.5 Å². The largest absolute Gasteiger partial charge is 0.337 e. The van der Waals surface area contributed by atoms with Crippen LogP contribution in [0, 0.1) is 0 Å². The topological polar surface area (TPSA) is 91.7 Å². The van der Waals surface area contributed by atoms with Crippen LogP contribution in [0.2, 0.25) is 0 Å². The molecular weight excluding hydrogens is 488 g/mol. The maximum Gasteiger partial charge on any atom is 0.307 e. The number of amides is 2. The molecule has 9 heteroatoms. The average Bonchev–Trinajstić information content (AvgIpc) is 3.27. The lowest BCUT2D eigenvalue weighted by Gasteiger charge is -2.24. The van der Waals surface area contributed by atoms with Gasteiger partial charge in [0.15, 0.2) is 0 Å². The molecule has 2 aromatic carbocycles. The van der Waals surface area contributed by atoms with Gasteiger partial charge in [-0.2, -0.15) is 12.7 Å². The summed E-state index contributed by atoms with van der Waals surface area (Å²) in [5.41, 5.74) is 1.53. The zero-order chi connectivity index (χ0) is 27.0. The van der Waals surface area contributed by atoms with Crippen molar-refractivity contribution < 1.29 is 18.0 Å². The summed E-state index contributed by atoms with van der Waals surface area (Å²) in [6, 6.07) is 15.8. The second-order valence-electron chi connectivity index (χ2n) is 9.07. The predicted octanol–water partition coefficient (Wildman–Crippen LogP) is 4.50. The van der Waals surface area contributed by atoms with Gasteiger partial charge in [-0.1, -0.05) is 63.1 Å². The zero-order valence-corrected chi connectivity index (χ0v) is 22.8. The SMILES string of the molecule is CCCCN(CCCC)C(=O)/C(=C/c1cn(S(=O)(=O)N(C)C)c2ccccc12)NC(=O)c1ccccc1. The Morgan fingerprint density at radius 3 is 2.11 bits per heavy atom. The number of nitrogens with zero attached hydrogens (tertiary/aromatic N) is 3. The minimum Gasteiger partial charge on any atom is -0.337 e. The summed E-state index contributed by atoms with van der Waals surface area (Å²) in [5, 5.41) is 3.47. The highest BCUT2D eigenvalue weighted by Crippen LogP contribution is 2.26. The molecule has 0 aliphatic rings. The first-order valence-corrected chi connectivity index (χ1v) is 14.0. The monoisotopic (exact) mass is 524 g/mol. The number of unbranched alkanes of at least 4 members (excludes halogenated alkanes) is 2. The molecule has 2 amide bonds. The summed E-state index contributed by atoms with van der Waals surface area (Å²) in [6.07, 6.45) is 6.62. The van der Waals surface area contributed by atoms with E-state index in [1.165, 1.54) is 24.3 Å². The Morgan fingerprint density at radius 1 is 0.919 bits per heavy atom. The molecular formula is C28H36N4O4S. The van der Waals surface area contributed by atoms with Gasteiger partial charge in [0.2, 0.25) is 0 Å². The maximum atomic E-state index is 13.8. The second-order valence-corrected chi connectivity index (χ2v) is 11.1. The van der Waals surface area contributed by atoms with Crippen LogP contribution in [0.4, 0.5) is 0 Å². The highest BCUT2D eigenvalue weighted by Gasteiger charge is 2.24. The Morgan fingerprint density at radius 2 is 1.51 bits per heavy atom. The number of benzene rings is 2. The molecule has 0 saturated heterocycles. The second kappa shape index (κ2) is 12.7. The van der Waals surface area contributed by atoms with Gasteiger partial charge in [0.25, 0.3) is 11.8 Å². The average molecular weight is 525 g/mol. The quantitative estimate of drug-likeness (QED) is 0.353. The fraction of sp³-hybridized carbons (Fsp3) is 0.357. The van der Waals surface area contributed by atoms with Gasteiger partial charge in [-0.05, 0) is 37.1 Å². The van der Waals surface area contributed by atoms with Gasteiger partial charge < -0.3 is 10.2 Å². The Balaban J connectivity index is 2.14. The summed E-state index contributed by atoms with van der Waals surface area (Å²) in [4.78, 5) is 28.6. The van der Waals surface area contributed by atoms with E-state index in [1.807, 2.05) is 12.1 Å². The molecule has 0 fully saturated rings. The van der Waals surface area contributed by atoms with Crippen LogP contribution < -0.4 is 5.32 Å². The molecule has 0 aliphatic carbocycles. The Hall–Kier alpha value is -3.43. The Bertz CT molecular complexity index is 1350. The highest BCUT2D eigenvalue weighted by atomic mass is 32.2. The van der Waals surface area contributed by atoms with Crippen LogP contribution in [0.25, 0.3) is 17.0 Å². The van der Waals surface area contributed by atoms with Crippen LogP contribution in [-0.2, 0) is 15.0 Å². The van der Waals surface area contributed by atoms with Crippen LogP contribution in [-0.4, -0.2) is 60.6 Å². The molecule has 3 aromatic rings. The molecule has 0 spiro atoms. The Labute approximate surface area is 219 Å². The van der Waals surface area contributed by atoms with Crippen molar-refractivity contribution in [3.63, 3.8) is 0 Å². The van der Waals surface area contributed by atoms with E-state index in [0.717, 1.165) is 30.0 Å². The molecule has 1 aromatic heterocycles. The fourth-order valence-electron chi connectivity index (χ4n) is 3.93. The van der Waals surface area contributed by atoms with E-state index >= 15 is 0 Å². The zero-order valence-electron chi connectivity index (χ0n) is 22.0. The smallest absolute Gasteiger partial charge is 0.307 e. The van der Waals surface area contributed by atoms with E-state index in [1.54, 1.807) is 53.4 Å². The lowest BCUT2D eigenvalue weighted by atomic mass is 10.1. The number of fused-ring (bicyclic) bond motifs is 1. The molecule has 0 unspecified atom stereocenters.